The first-order chi connectivity index (χ1) is 12.2. The molecule has 2 atom stereocenters. The topological polar surface area (TPSA) is 77.2 Å². The molecule has 2 unspecified atom stereocenters. The predicted octanol–water partition coefficient (Wildman–Crippen LogP) is 3.77. The van der Waals surface area contributed by atoms with Crippen molar-refractivity contribution in [3.63, 3.8) is 0 Å². The molecule has 0 bridgehead atoms. The fourth-order valence-corrected chi connectivity index (χ4v) is 3.41. The number of nitrogens with two attached hydrogens (primary N) is 1. The van der Waals surface area contributed by atoms with E-state index < -0.39 is 0 Å². The molecule has 0 radical (unpaired) electrons. The van der Waals surface area contributed by atoms with Gasteiger partial charge in [0.1, 0.15) is 11.5 Å². The maximum absolute atomic E-state index is 12.5. The molecule has 1 saturated carbocycles. The Morgan fingerprint density at radius 3 is 2.72 bits per heavy atom. The summed E-state index contributed by atoms with van der Waals surface area (Å²) in [4.78, 5) is 16.5. The molecule has 0 saturated heterocycles. The number of pyridine rings is 1. The van der Waals surface area contributed by atoms with Crippen LogP contribution in [0.2, 0.25) is 5.02 Å². The van der Waals surface area contributed by atoms with Gasteiger partial charge in [0, 0.05) is 24.0 Å². The Balaban J connectivity index is 1.68. The van der Waals surface area contributed by atoms with Gasteiger partial charge < -0.3 is 15.8 Å². The van der Waals surface area contributed by atoms with Crippen molar-refractivity contribution in [2.24, 2.45) is 11.7 Å². The summed E-state index contributed by atoms with van der Waals surface area (Å²) in [5.74, 6) is 1.37. The summed E-state index contributed by atoms with van der Waals surface area (Å²) in [6, 6.07) is 8.68. The van der Waals surface area contributed by atoms with Crippen LogP contribution in [0.15, 0.2) is 42.7 Å². The van der Waals surface area contributed by atoms with Gasteiger partial charge in [0.25, 0.3) is 5.91 Å². The number of hydrogen-bond donors (Lipinski definition) is 2. The minimum absolute atomic E-state index is 0.122. The lowest BCUT2D eigenvalue weighted by molar-refractivity contribution is 0.0908. The molecule has 1 amide bonds. The maximum atomic E-state index is 12.5. The van der Waals surface area contributed by atoms with Gasteiger partial charge in [-0.3, -0.25) is 9.78 Å². The van der Waals surface area contributed by atoms with E-state index in [-0.39, 0.29) is 11.9 Å². The summed E-state index contributed by atoms with van der Waals surface area (Å²) in [6.45, 7) is 0.602. The minimum Gasteiger partial charge on any atom is -0.456 e. The van der Waals surface area contributed by atoms with Gasteiger partial charge in [0.15, 0.2) is 0 Å². The molecule has 1 fully saturated rings. The number of carbonyl (C=O) groups is 1. The van der Waals surface area contributed by atoms with Crippen LogP contribution in [0.4, 0.5) is 0 Å². The minimum atomic E-state index is -0.122. The first-order valence-corrected chi connectivity index (χ1v) is 8.93. The zero-order chi connectivity index (χ0) is 17.6. The molecule has 1 heterocycles. The molecule has 3 N–H and O–H groups in total. The molecule has 6 heteroatoms. The lowest BCUT2D eigenvalue weighted by Crippen LogP contribution is -2.44. The lowest BCUT2D eigenvalue weighted by atomic mass is 9.84. The van der Waals surface area contributed by atoms with E-state index >= 15 is 0 Å². The van der Waals surface area contributed by atoms with Crippen LogP contribution >= 0.6 is 11.6 Å². The van der Waals surface area contributed by atoms with Gasteiger partial charge in [-0.2, -0.15) is 0 Å². The molecule has 1 aliphatic rings. The van der Waals surface area contributed by atoms with E-state index in [4.69, 9.17) is 22.1 Å². The fourth-order valence-electron chi connectivity index (χ4n) is 3.19. The van der Waals surface area contributed by atoms with Crippen molar-refractivity contribution in [1.82, 2.24) is 10.3 Å². The summed E-state index contributed by atoms with van der Waals surface area (Å²) in [5, 5.41) is 3.50. The molecule has 0 spiro atoms. The van der Waals surface area contributed by atoms with Crippen molar-refractivity contribution in [2.75, 3.05) is 6.54 Å². The Morgan fingerprint density at radius 1 is 1.24 bits per heavy atom. The largest absolute Gasteiger partial charge is 0.456 e. The van der Waals surface area contributed by atoms with Crippen LogP contribution in [-0.2, 0) is 0 Å². The van der Waals surface area contributed by atoms with E-state index in [2.05, 4.69) is 10.3 Å². The van der Waals surface area contributed by atoms with Gasteiger partial charge in [0.05, 0.1) is 5.02 Å². The molecule has 25 heavy (non-hydrogen) atoms. The highest BCUT2D eigenvalue weighted by atomic mass is 35.5. The molecular weight excluding hydrogens is 338 g/mol. The number of rotatable bonds is 5. The number of aromatic nitrogens is 1. The Morgan fingerprint density at radius 2 is 2.00 bits per heavy atom. The number of carbonyl (C=O) groups excluding carboxylic acids is 1. The van der Waals surface area contributed by atoms with Gasteiger partial charge in [-0.25, -0.2) is 0 Å². The first-order valence-electron chi connectivity index (χ1n) is 8.55. The predicted molar refractivity (Wildman–Crippen MR) is 98.0 cm³/mol. The summed E-state index contributed by atoms with van der Waals surface area (Å²) in [5.41, 5.74) is 6.35. The van der Waals surface area contributed by atoms with E-state index in [1.54, 1.807) is 42.7 Å². The third-order valence-corrected chi connectivity index (χ3v) is 4.90. The number of amides is 1. The normalized spacial score (nSPS) is 20.1. The van der Waals surface area contributed by atoms with Crippen molar-refractivity contribution in [2.45, 2.75) is 31.7 Å². The van der Waals surface area contributed by atoms with Gasteiger partial charge in [0.2, 0.25) is 0 Å². The van der Waals surface area contributed by atoms with Crippen LogP contribution in [0, 0.1) is 5.92 Å². The summed E-state index contributed by atoms with van der Waals surface area (Å²) in [7, 11) is 0. The average molecular weight is 360 g/mol. The van der Waals surface area contributed by atoms with Crippen LogP contribution in [0.3, 0.4) is 0 Å². The van der Waals surface area contributed by atoms with E-state index in [0.717, 1.165) is 19.3 Å². The third-order valence-electron chi connectivity index (χ3n) is 4.60. The molecule has 3 rings (SSSR count). The number of ether oxygens (including phenoxy) is 1. The zero-order valence-electron chi connectivity index (χ0n) is 14.0. The van der Waals surface area contributed by atoms with Crippen molar-refractivity contribution < 1.29 is 9.53 Å². The maximum Gasteiger partial charge on any atom is 0.251 e. The first kappa shape index (κ1) is 17.7. The second-order valence-corrected chi connectivity index (χ2v) is 6.70. The van der Waals surface area contributed by atoms with E-state index in [0.29, 0.717) is 34.5 Å². The van der Waals surface area contributed by atoms with Gasteiger partial charge >= 0.3 is 0 Å². The summed E-state index contributed by atoms with van der Waals surface area (Å²) >= 11 is 6.28. The van der Waals surface area contributed by atoms with Crippen molar-refractivity contribution in [3.8, 4) is 11.5 Å². The highest BCUT2D eigenvalue weighted by Crippen LogP contribution is 2.30. The van der Waals surface area contributed by atoms with Crippen LogP contribution < -0.4 is 15.8 Å². The highest BCUT2D eigenvalue weighted by molar-refractivity contribution is 6.32. The lowest BCUT2D eigenvalue weighted by Gasteiger charge is -2.31. The van der Waals surface area contributed by atoms with Crippen molar-refractivity contribution >= 4 is 17.5 Å². The van der Waals surface area contributed by atoms with Crippen LogP contribution in [-0.4, -0.2) is 23.5 Å². The SMILES string of the molecule is NCC1CCCCC1NC(=O)c1ccc(Oc2ccncc2)c(Cl)c1. The molecule has 2 aromatic rings. The number of benzene rings is 1. The van der Waals surface area contributed by atoms with Crippen LogP contribution in [0.25, 0.3) is 0 Å². The standard InChI is InChI=1S/C19H22ClN3O2/c20-16-11-13(5-6-18(16)25-15-7-9-22-10-8-15)19(24)23-17-4-2-1-3-14(17)12-21/h5-11,14,17H,1-4,12,21H2,(H,23,24). The number of halogens is 1. The molecule has 132 valence electrons. The Hall–Kier alpha value is -2.11. The summed E-state index contributed by atoms with van der Waals surface area (Å²) < 4.78 is 5.71. The van der Waals surface area contributed by atoms with E-state index in [9.17, 15) is 4.79 Å². The Labute approximate surface area is 152 Å². The molecule has 0 aliphatic heterocycles. The highest BCUT2D eigenvalue weighted by Gasteiger charge is 2.25. The van der Waals surface area contributed by atoms with E-state index in [1.165, 1.54) is 6.42 Å². The number of hydrogen-bond acceptors (Lipinski definition) is 4. The van der Waals surface area contributed by atoms with Gasteiger partial charge in [-0.1, -0.05) is 24.4 Å². The second-order valence-electron chi connectivity index (χ2n) is 6.29. The monoisotopic (exact) mass is 359 g/mol. The third kappa shape index (κ3) is 4.50. The van der Waals surface area contributed by atoms with Gasteiger partial charge in [-0.15, -0.1) is 0 Å². The Kier molecular flexibility index (Phi) is 5.89. The van der Waals surface area contributed by atoms with Gasteiger partial charge in [-0.05, 0) is 55.6 Å². The van der Waals surface area contributed by atoms with Crippen molar-refractivity contribution in [3.05, 3.63) is 53.3 Å². The summed E-state index contributed by atoms with van der Waals surface area (Å²) in [6.07, 6.45) is 7.64. The number of nitrogens with one attached hydrogen (secondary N) is 1. The molecule has 1 aromatic carbocycles. The average Bonchev–Trinajstić information content (AvgIpc) is 2.64. The molecule has 1 aromatic heterocycles. The quantitative estimate of drug-likeness (QED) is 0.851. The number of nitrogens with zero attached hydrogens (tertiary/aromatic N) is 1. The molecule has 5 nitrogen and oxygen atoms in total. The van der Waals surface area contributed by atoms with E-state index in [1.807, 2.05) is 0 Å². The second kappa shape index (κ2) is 8.32. The zero-order valence-corrected chi connectivity index (χ0v) is 14.7. The molecular formula is C19H22ClN3O2. The van der Waals surface area contributed by atoms with Crippen molar-refractivity contribution in [1.29, 1.82) is 0 Å². The Bertz CT molecular complexity index is 724. The smallest absolute Gasteiger partial charge is 0.251 e. The molecule has 1 aliphatic carbocycles. The fraction of sp³-hybridized carbons (Fsp3) is 0.368. The van der Waals surface area contributed by atoms with Crippen LogP contribution in [0.1, 0.15) is 36.0 Å². The van der Waals surface area contributed by atoms with Crippen LogP contribution in [0.5, 0.6) is 11.5 Å².